The average molecular weight is 214 g/mol. The Balaban J connectivity index is 0.000000500. The van der Waals surface area contributed by atoms with Gasteiger partial charge in [0.15, 0.2) is 23.3 Å². The van der Waals surface area contributed by atoms with Gasteiger partial charge in [-0.2, -0.15) is 0 Å². The molecule has 0 amide bonds. The van der Waals surface area contributed by atoms with Crippen molar-refractivity contribution in [1.29, 1.82) is 0 Å². The van der Waals surface area contributed by atoms with Gasteiger partial charge in [-0.1, -0.05) is 0 Å². The molecule has 1 rings (SSSR count). The molecule has 0 aromatic heterocycles. The van der Waals surface area contributed by atoms with E-state index < -0.39 is 29.1 Å². The first-order valence-electron chi connectivity index (χ1n) is 3.02. The predicted molar refractivity (Wildman–Crippen MR) is 34.9 cm³/mol. The van der Waals surface area contributed by atoms with Crippen molar-refractivity contribution < 1.29 is 31.9 Å². The van der Waals surface area contributed by atoms with E-state index >= 15 is 0 Å². The SMILES string of the molecule is Fc1cc(F)c(F)c(F)c1F.O=CO. The average Bonchev–Trinajstić information content (AvgIpc) is 2.13. The van der Waals surface area contributed by atoms with E-state index in [9.17, 15) is 22.0 Å². The Labute approximate surface area is 74.6 Å². The second kappa shape index (κ2) is 5.15. The highest BCUT2D eigenvalue weighted by Crippen LogP contribution is 2.16. The van der Waals surface area contributed by atoms with Crippen LogP contribution in [0.4, 0.5) is 22.0 Å². The van der Waals surface area contributed by atoms with Crippen LogP contribution in [0.25, 0.3) is 0 Å². The summed E-state index contributed by atoms with van der Waals surface area (Å²) in [7, 11) is 0. The zero-order valence-electron chi connectivity index (χ0n) is 6.40. The Morgan fingerprint density at radius 1 is 0.929 bits per heavy atom. The lowest BCUT2D eigenvalue weighted by molar-refractivity contribution is -0.122. The summed E-state index contributed by atoms with van der Waals surface area (Å²) >= 11 is 0. The molecule has 7 heteroatoms. The van der Waals surface area contributed by atoms with Crippen LogP contribution in [0, 0.1) is 29.1 Å². The van der Waals surface area contributed by atoms with E-state index in [0.29, 0.717) is 0 Å². The fourth-order valence-electron chi connectivity index (χ4n) is 0.544. The summed E-state index contributed by atoms with van der Waals surface area (Å²) in [5.41, 5.74) is 0. The number of carboxylic acid groups (broad SMARTS) is 1. The van der Waals surface area contributed by atoms with Crippen LogP contribution >= 0.6 is 0 Å². The largest absolute Gasteiger partial charge is 0.483 e. The normalized spacial score (nSPS) is 8.93. The van der Waals surface area contributed by atoms with E-state index in [1.165, 1.54) is 0 Å². The van der Waals surface area contributed by atoms with Gasteiger partial charge in [-0.05, 0) is 0 Å². The molecule has 0 aliphatic rings. The molecule has 0 bridgehead atoms. The number of hydrogen-bond acceptors (Lipinski definition) is 1. The van der Waals surface area contributed by atoms with Gasteiger partial charge < -0.3 is 5.11 Å². The molecule has 0 saturated carbocycles. The summed E-state index contributed by atoms with van der Waals surface area (Å²) in [6.45, 7) is -0.250. The Morgan fingerprint density at radius 2 is 1.21 bits per heavy atom. The van der Waals surface area contributed by atoms with Gasteiger partial charge in [0.25, 0.3) is 6.47 Å². The van der Waals surface area contributed by atoms with Crippen molar-refractivity contribution in [2.75, 3.05) is 0 Å². The maximum absolute atomic E-state index is 12.0. The molecule has 0 saturated heterocycles. The standard InChI is InChI=1S/C6HF5.CH2O2/c7-2-1-3(8)5(10)6(11)4(2)9;2-1-3/h1H;1H,(H,2,3). The van der Waals surface area contributed by atoms with Crippen LogP contribution in [-0.2, 0) is 4.79 Å². The molecule has 0 aliphatic heterocycles. The van der Waals surface area contributed by atoms with Crippen molar-refractivity contribution in [1.82, 2.24) is 0 Å². The van der Waals surface area contributed by atoms with Gasteiger partial charge in [0.2, 0.25) is 5.82 Å². The minimum absolute atomic E-state index is 0.0618. The number of carbonyl (C=O) groups is 1. The Kier molecular flexibility index (Phi) is 4.54. The fourth-order valence-corrected chi connectivity index (χ4v) is 0.544. The van der Waals surface area contributed by atoms with E-state index in [1.54, 1.807) is 0 Å². The van der Waals surface area contributed by atoms with Gasteiger partial charge in [-0.15, -0.1) is 0 Å². The van der Waals surface area contributed by atoms with Crippen molar-refractivity contribution >= 4 is 6.47 Å². The first-order chi connectivity index (χ1) is 6.45. The van der Waals surface area contributed by atoms with E-state index in [1.807, 2.05) is 0 Å². The molecule has 1 N–H and O–H groups in total. The summed E-state index contributed by atoms with van der Waals surface area (Å²) in [4.78, 5) is 8.36. The van der Waals surface area contributed by atoms with Crippen molar-refractivity contribution in [2.24, 2.45) is 0 Å². The van der Waals surface area contributed by atoms with Gasteiger partial charge in [0.1, 0.15) is 0 Å². The molecule has 1 aromatic rings. The van der Waals surface area contributed by atoms with Crippen molar-refractivity contribution in [2.45, 2.75) is 0 Å². The summed E-state index contributed by atoms with van der Waals surface area (Å²) in [5, 5.41) is 6.89. The molecular formula is C7H3F5O2. The molecule has 14 heavy (non-hydrogen) atoms. The van der Waals surface area contributed by atoms with Crippen LogP contribution < -0.4 is 0 Å². The third kappa shape index (κ3) is 2.68. The number of hydrogen-bond donors (Lipinski definition) is 1. The Morgan fingerprint density at radius 3 is 1.50 bits per heavy atom. The van der Waals surface area contributed by atoms with Gasteiger partial charge in [0, 0.05) is 6.07 Å². The highest BCUT2D eigenvalue weighted by Gasteiger charge is 2.18. The first-order valence-corrected chi connectivity index (χ1v) is 3.02. The van der Waals surface area contributed by atoms with Crippen molar-refractivity contribution in [3.8, 4) is 0 Å². The molecule has 0 unspecified atom stereocenters. The molecule has 0 atom stereocenters. The summed E-state index contributed by atoms with van der Waals surface area (Å²) in [6.07, 6.45) is 0. The molecular weight excluding hydrogens is 211 g/mol. The van der Waals surface area contributed by atoms with Crippen LogP contribution in [0.1, 0.15) is 0 Å². The predicted octanol–water partition coefficient (Wildman–Crippen LogP) is 2.08. The third-order valence-corrected chi connectivity index (χ3v) is 1.06. The monoisotopic (exact) mass is 214 g/mol. The Hall–Kier alpha value is -1.66. The van der Waals surface area contributed by atoms with Crippen molar-refractivity contribution in [3.63, 3.8) is 0 Å². The highest BCUT2D eigenvalue weighted by atomic mass is 19.2. The molecule has 2 nitrogen and oxygen atoms in total. The summed E-state index contributed by atoms with van der Waals surface area (Å²) in [6, 6.07) is -0.0618. The molecule has 0 radical (unpaired) electrons. The van der Waals surface area contributed by atoms with Gasteiger partial charge in [-0.25, -0.2) is 22.0 Å². The summed E-state index contributed by atoms with van der Waals surface area (Å²) < 4.78 is 60.0. The fraction of sp³-hybridized carbons (Fsp3) is 0. The number of halogens is 5. The van der Waals surface area contributed by atoms with Crippen molar-refractivity contribution in [3.05, 3.63) is 35.2 Å². The van der Waals surface area contributed by atoms with Crippen LogP contribution in [-0.4, -0.2) is 11.6 Å². The maximum atomic E-state index is 12.0. The quantitative estimate of drug-likeness (QED) is 0.310. The van der Waals surface area contributed by atoms with Crippen LogP contribution in [0.3, 0.4) is 0 Å². The minimum atomic E-state index is -2.14. The lowest BCUT2D eigenvalue weighted by Crippen LogP contribution is -1.98. The Bertz CT molecular complexity index is 313. The molecule has 0 heterocycles. The third-order valence-electron chi connectivity index (χ3n) is 1.06. The van der Waals surface area contributed by atoms with E-state index in [-0.39, 0.29) is 12.5 Å². The highest BCUT2D eigenvalue weighted by molar-refractivity contribution is 5.32. The first kappa shape index (κ1) is 12.3. The zero-order chi connectivity index (χ0) is 11.3. The second-order valence-electron chi connectivity index (χ2n) is 1.89. The smallest absolute Gasteiger partial charge is 0.290 e. The zero-order valence-corrected chi connectivity index (χ0v) is 6.40. The number of rotatable bonds is 0. The maximum Gasteiger partial charge on any atom is 0.290 e. The van der Waals surface area contributed by atoms with E-state index in [0.717, 1.165) is 0 Å². The molecule has 0 spiro atoms. The minimum Gasteiger partial charge on any atom is -0.483 e. The molecule has 0 aliphatic carbocycles. The topological polar surface area (TPSA) is 37.3 Å². The van der Waals surface area contributed by atoms with Gasteiger partial charge in [-0.3, -0.25) is 4.79 Å². The summed E-state index contributed by atoms with van der Waals surface area (Å²) in [5.74, 6) is -9.65. The lowest BCUT2D eigenvalue weighted by atomic mass is 10.3. The van der Waals surface area contributed by atoms with Crippen LogP contribution in [0.15, 0.2) is 6.07 Å². The van der Waals surface area contributed by atoms with Crippen LogP contribution in [0.5, 0.6) is 0 Å². The van der Waals surface area contributed by atoms with Gasteiger partial charge >= 0.3 is 0 Å². The molecule has 0 fully saturated rings. The van der Waals surface area contributed by atoms with Gasteiger partial charge in [0.05, 0.1) is 0 Å². The lowest BCUT2D eigenvalue weighted by Gasteiger charge is -1.96. The van der Waals surface area contributed by atoms with Crippen LogP contribution in [0.2, 0.25) is 0 Å². The molecule has 78 valence electrons. The van der Waals surface area contributed by atoms with E-state index in [4.69, 9.17) is 9.90 Å². The van der Waals surface area contributed by atoms with E-state index in [2.05, 4.69) is 0 Å². The number of benzene rings is 1. The second-order valence-corrected chi connectivity index (χ2v) is 1.89. The molecule has 1 aromatic carbocycles.